The van der Waals surface area contributed by atoms with Crippen LogP contribution in [0, 0.1) is 13.8 Å². The van der Waals surface area contributed by atoms with Crippen LogP contribution in [0.2, 0.25) is 0 Å². The van der Waals surface area contributed by atoms with E-state index in [-0.39, 0.29) is 5.92 Å². The van der Waals surface area contributed by atoms with Crippen LogP contribution in [0.4, 0.5) is 0 Å². The van der Waals surface area contributed by atoms with Gasteiger partial charge in [-0.25, -0.2) is 8.42 Å². The second-order valence-corrected chi connectivity index (χ2v) is 9.23. The number of aromatic nitrogens is 4. The summed E-state index contributed by atoms with van der Waals surface area (Å²) in [6.07, 6.45) is 0.668. The molecule has 0 bridgehead atoms. The van der Waals surface area contributed by atoms with Crippen LogP contribution in [0.3, 0.4) is 0 Å². The number of aryl methyl sites for hydroxylation is 2. The van der Waals surface area contributed by atoms with E-state index in [4.69, 9.17) is 4.52 Å². The Kier molecular flexibility index (Phi) is 4.20. The number of hydrogen-bond donors (Lipinski definition) is 0. The predicted molar refractivity (Wildman–Crippen MR) is 96.4 cm³/mol. The summed E-state index contributed by atoms with van der Waals surface area (Å²) in [5.41, 5.74) is 1.17. The number of nitrogens with zero attached hydrogens (tertiary/aromatic N) is 5. The zero-order valence-electron chi connectivity index (χ0n) is 14.7. The van der Waals surface area contributed by atoms with Crippen LogP contribution in [0.15, 0.2) is 26.9 Å². The molecule has 4 rings (SSSR count). The lowest BCUT2D eigenvalue weighted by molar-refractivity contribution is 0.415. The SMILES string of the molecule is Cc1nn(C)c(C)c1S(=O)(=O)N1CC[C@H](c2noc(-c3cccs3)n2)C1. The highest BCUT2D eigenvalue weighted by Gasteiger charge is 2.38. The van der Waals surface area contributed by atoms with Crippen LogP contribution in [0.5, 0.6) is 0 Å². The first-order valence-corrected chi connectivity index (χ1v) is 10.6. The molecule has 0 aromatic carbocycles. The average molecular weight is 393 g/mol. The average Bonchev–Trinajstić information content (AvgIpc) is 3.34. The Hall–Kier alpha value is -2.04. The molecule has 0 unspecified atom stereocenters. The monoisotopic (exact) mass is 393 g/mol. The molecule has 138 valence electrons. The molecular formula is C16H19N5O3S2. The zero-order valence-corrected chi connectivity index (χ0v) is 16.3. The maximum absolute atomic E-state index is 13.1. The molecule has 0 radical (unpaired) electrons. The minimum absolute atomic E-state index is 0.0699. The molecule has 0 spiro atoms. The van der Waals surface area contributed by atoms with Gasteiger partial charge in [-0.05, 0) is 31.7 Å². The van der Waals surface area contributed by atoms with Crippen molar-refractivity contribution in [3.05, 3.63) is 34.7 Å². The van der Waals surface area contributed by atoms with E-state index in [2.05, 4.69) is 15.2 Å². The summed E-state index contributed by atoms with van der Waals surface area (Å²) in [7, 11) is -1.84. The summed E-state index contributed by atoms with van der Waals surface area (Å²) < 4.78 is 34.6. The summed E-state index contributed by atoms with van der Waals surface area (Å²) in [6.45, 7) is 4.27. The third kappa shape index (κ3) is 2.78. The number of thiophene rings is 1. The summed E-state index contributed by atoms with van der Waals surface area (Å²) in [6, 6.07) is 3.84. The Morgan fingerprint density at radius 3 is 2.81 bits per heavy atom. The second kappa shape index (κ2) is 6.29. The van der Waals surface area contributed by atoms with Gasteiger partial charge in [-0.1, -0.05) is 11.2 Å². The van der Waals surface area contributed by atoms with E-state index in [0.29, 0.717) is 47.5 Å². The molecule has 4 heterocycles. The van der Waals surface area contributed by atoms with E-state index in [0.717, 1.165) is 4.88 Å². The first-order valence-electron chi connectivity index (χ1n) is 8.25. The lowest BCUT2D eigenvalue weighted by Crippen LogP contribution is -2.29. The van der Waals surface area contributed by atoms with E-state index in [1.807, 2.05) is 17.5 Å². The van der Waals surface area contributed by atoms with Crippen molar-refractivity contribution >= 4 is 21.4 Å². The summed E-state index contributed by atoms with van der Waals surface area (Å²) >= 11 is 1.53. The molecule has 0 aliphatic carbocycles. The third-order valence-corrected chi connectivity index (χ3v) is 7.71. The van der Waals surface area contributed by atoms with Crippen molar-refractivity contribution in [2.75, 3.05) is 13.1 Å². The lowest BCUT2D eigenvalue weighted by Gasteiger charge is -2.16. The first kappa shape index (κ1) is 17.4. The van der Waals surface area contributed by atoms with Gasteiger partial charge in [0.1, 0.15) is 4.90 Å². The van der Waals surface area contributed by atoms with E-state index < -0.39 is 10.0 Å². The fourth-order valence-corrected chi connectivity index (χ4v) is 5.86. The molecule has 0 saturated carbocycles. The minimum Gasteiger partial charge on any atom is -0.333 e. The van der Waals surface area contributed by atoms with Crippen LogP contribution in [0.25, 0.3) is 10.8 Å². The molecule has 0 N–H and O–H groups in total. The maximum Gasteiger partial charge on any atom is 0.267 e. The lowest BCUT2D eigenvalue weighted by atomic mass is 10.1. The highest BCUT2D eigenvalue weighted by atomic mass is 32.2. The van der Waals surface area contributed by atoms with Gasteiger partial charge in [-0.3, -0.25) is 4.68 Å². The van der Waals surface area contributed by atoms with Gasteiger partial charge < -0.3 is 4.52 Å². The van der Waals surface area contributed by atoms with E-state index >= 15 is 0 Å². The smallest absolute Gasteiger partial charge is 0.267 e. The molecule has 1 aliphatic heterocycles. The molecule has 26 heavy (non-hydrogen) atoms. The van der Waals surface area contributed by atoms with Gasteiger partial charge in [0.2, 0.25) is 10.0 Å². The fraction of sp³-hybridized carbons (Fsp3) is 0.438. The van der Waals surface area contributed by atoms with Gasteiger partial charge in [0.25, 0.3) is 5.89 Å². The van der Waals surface area contributed by atoms with Gasteiger partial charge in [-0.2, -0.15) is 14.4 Å². The molecule has 1 atom stereocenters. The van der Waals surface area contributed by atoms with Gasteiger partial charge in [0.15, 0.2) is 5.82 Å². The summed E-state index contributed by atoms with van der Waals surface area (Å²) in [4.78, 5) is 5.67. The highest BCUT2D eigenvalue weighted by molar-refractivity contribution is 7.89. The molecule has 10 heteroatoms. The van der Waals surface area contributed by atoms with Gasteiger partial charge in [-0.15, -0.1) is 11.3 Å². The molecule has 3 aromatic rings. The van der Waals surface area contributed by atoms with Crippen molar-refractivity contribution in [1.29, 1.82) is 0 Å². The van der Waals surface area contributed by atoms with Crippen molar-refractivity contribution in [3.63, 3.8) is 0 Å². The van der Waals surface area contributed by atoms with E-state index in [9.17, 15) is 8.42 Å². The topological polar surface area (TPSA) is 94.1 Å². The summed E-state index contributed by atoms with van der Waals surface area (Å²) in [5.74, 6) is 0.973. The third-order valence-electron chi connectivity index (χ3n) is 4.73. The Morgan fingerprint density at radius 1 is 1.35 bits per heavy atom. The molecule has 0 amide bonds. The molecule has 1 aliphatic rings. The van der Waals surface area contributed by atoms with Gasteiger partial charge in [0.05, 0.1) is 16.3 Å². The quantitative estimate of drug-likeness (QED) is 0.675. The first-order chi connectivity index (χ1) is 12.4. The normalized spacial score (nSPS) is 18.7. The van der Waals surface area contributed by atoms with Crippen molar-refractivity contribution in [3.8, 4) is 10.8 Å². The van der Waals surface area contributed by atoms with Crippen LogP contribution in [-0.4, -0.2) is 45.7 Å². The number of rotatable bonds is 4. The van der Waals surface area contributed by atoms with Crippen molar-refractivity contribution < 1.29 is 12.9 Å². The largest absolute Gasteiger partial charge is 0.333 e. The number of hydrogen-bond acceptors (Lipinski definition) is 7. The molecule has 3 aromatic heterocycles. The maximum atomic E-state index is 13.1. The number of sulfonamides is 1. The van der Waals surface area contributed by atoms with E-state index in [1.165, 1.54) is 15.6 Å². The van der Waals surface area contributed by atoms with Crippen molar-refractivity contribution in [2.45, 2.75) is 31.1 Å². The standard InChI is InChI=1S/C16H19N5O3S2/c1-10-14(11(2)20(3)18-10)26(22,23)21-7-6-12(9-21)15-17-16(24-19-15)13-5-4-8-25-13/h4-5,8,12H,6-7,9H2,1-3H3/t12-/m0/s1. The molecular weight excluding hydrogens is 374 g/mol. The minimum atomic E-state index is -3.59. The Bertz CT molecular complexity index is 1040. The fourth-order valence-electron chi connectivity index (χ4n) is 3.31. The Labute approximate surface area is 155 Å². The van der Waals surface area contributed by atoms with Crippen LogP contribution in [0.1, 0.15) is 29.6 Å². The Morgan fingerprint density at radius 2 is 2.15 bits per heavy atom. The Balaban J connectivity index is 1.57. The van der Waals surface area contributed by atoms with Crippen molar-refractivity contribution in [2.24, 2.45) is 7.05 Å². The zero-order chi connectivity index (χ0) is 18.5. The second-order valence-electron chi connectivity index (χ2n) is 6.41. The molecule has 1 saturated heterocycles. The van der Waals surface area contributed by atoms with E-state index in [1.54, 1.807) is 25.6 Å². The van der Waals surface area contributed by atoms with Gasteiger partial charge >= 0.3 is 0 Å². The summed E-state index contributed by atoms with van der Waals surface area (Å²) in [5, 5.41) is 10.2. The van der Waals surface area contributed by atoms with Gasteiger partial charge in [0, 0.05) is 26.1 Å². The van der Waals surface area contributed by atoms with Crippen LogP contribution < -0.4 is 0 Å². The predicted octanol–water partition coefficient (Wildman–Crippen LogP) is 2.33. The van der Waals surface area contributed by atoms with Crippen molar-refractivity contribution in [1.82, 2.24) is 24.2 Å². The molecule has 8 nitrogen and oxygen atoms in total. The van der Waals surface area contributed by atoms with Crippen LogP contribution in [-0.2, 0) is 17.1 Å². The highest BCUT2D eigenvalue weighted by Crippen LogP contribution is 2.33. The van der Waals surface area contributed by atoms with Crippen LogP contribution >= 0.6 is 11.3 Å². The molecule has 1 fully saturated rings.